The summed E-state index contributed by atoms with van der Waals surface area (Å²) in [5, 5.41) is 3.52. The van der Waals surface area contributed by atoms with E-state index < -0.39 is 12.1 Å². The second-order valence-corrected chi connectivity index (χ2v) is 10.9. The van der Waals surface area contributed by atoms with Gasteiger partial charge in [0.2, 0.25) is 0 Å². The third kappa shape index (κ3) is 4.17. The molecule has 0 atom stereocenters. The molecule has 1 heterocycles. The van der Waals surface area contributed by atoms with Crippen LogP contribution in [0.1, 0.15) is 13.7 Å². The van der Waals surface area contributed by atoms with Gasteiger partial charge in [0, 0.05) is 10.8 Å². The molecule has 0 aliphatic carbocycles. The normalized spacial score (nSPS) is 14.7. The van der Waals surface area contributed by atoms with Gasteiger partial charge in [0.15, 0.2) is 0 Å². The first kappa shape index (κ1) is 17.4. The summed E-state index contributed by atoms with van der Waals surface area (Å²) in [6.07, 6.45) is 0. The topological polar surface area (TPSA) is 13.1 Å². The van der Waals surface area contributed by atoms with Gasteiger partial charge >= 0.3 is 0 Å². The Hall–Kier alpha value is -5.92. The molecule has 9 aromatic rings. The van der Waals surface area contributed by atoms with E-state index >= 15 is 0 Å². The van der Waals surface area contributed by atoms with Crippen molar-refractivity contribution in [3.05, 3.63) is 170 Å². The van der Waals surface area contributed by atoms with Crippen molar-refractivity contribution in [3.63, 3.8) is 0 Å². The van der Waals surface area contributed by atoms with Crippen LogP contribution in [0.3, 0.4) is 0 Å². The summed E-state index contributed by atoms with van der Waals surface area (Å²) in [5.41, 5.74) is 4.57. The Morgan fingerprint density at radius 3 is 1.82 bits per heavy atom. The van der Waals surface area contributed by atoms with Crippen LogP contribution in [0.25, 0.3) is 88.0 Å². The molecule has 0 saturated heterocycles. The molecule has 210 valence electrons. The van der Waals surface area contributed by atoms with Crippen molar-refractivity contribution < 1.29 is 18.1 Å². The smallest absolute Gasteiger partial charge is 0.136 e. The van der Waals surface area contributed by atoms with Crippen molar-refractivity contribution in [3.8, 4) is 44.5 Å². The molecule has 0 aliphatic rings. The van der Waals surface area contributed by atoms with Gasteiger partial charge in [-0.25, -0.2) is 0 Å². The van der Waals surface area contributed by atoms with Gasteiger partial charge in [0.25, 0.3) is 0 Å². The van der Waals surface area contributed by atoms with Gasteiger partial charge in [0.05, 0.1) is 13.7 Å². The van der Waals surface area contributed by atoms with Gasteiger partial charge in [-0.05, 0) is 90.2 Å². The molecule has 1 heteroatoms. The quantitative estimate of drug-likeness (QED) is 0.188. The lowest BCUT2D eigenvalue weighted by atomic mass is 9.83. The zero-order valence-corrected chi connectivity index (χ0v) is 23.8. The lowest BCUT2D eigenvalue weighted by molar-refractivity contribution is 0.669. The second-order valence-electron chi connectivity index (χ2n) is 10.9. The van der Waals surface area contributed by atoms with Gasteiger partial charge in [-0.2, -0.15) is 0 Å². The van der Waals surface area contributed by atoms with Crippen molar-refractivity contribution in [1.29, 1.82) is 0 Å². The van der Waals surface area contributed by atoms with E-state index in [9.17, 15) is 2.74 Å². The zero-order valence-electron chi connectivity index (χ0n) is 33.8. The van der Waals surface area contributed by atoms with Crippen LogP contribution in [0.4, 0.5) is 0 Å². The fourth-order valence-electron chi connectivity index (χ4n) is 6.40. The molecule has 0 fully saturated rings. The molecule has 0 N–H and O–H groups in total. The number of furan rings is 1. The molecule has 0 bridgehead atoms. The lowest BCUT2D eigenvalue weighted by Crippen LogP contribution is -1.92. The first-order valence-corrected chi connectivity index (χ1v) is 14.6. The molecule has 9 rings (SSSR count). The number of para-hydroxylation sites is 1. The van der Waals surface area contributed by atoms with E-state index in [-0.39, 0.29) is 70.3 Å². The Morgan fingerprint density at radius 2 is 1.04 bits per heavy atom. The molecule has 0 spiro atoms. The van der Waals surface area contributed by atoms with E-state index in [0.717, 1.165) is 32.7 Å². The fraction of sp³-hybridized carbons (Fsp3) is 0. The SMILES string of the molecule is [2H]c1cc(-c2cccc(-c3c4ccccc4c(-c4c([2H])c(-c5ccccc5)c([2H])c5oc6c([2H])c([2H])c([2H])c([2H])c6c45)c4ccccc34)c2)c([2H])c([2H])c1[2H]. The summed E-state index contributed by atoms with van der Waals surface area (Å²) in [7, 11) is 0. The second kappa shape index (κ2) is 10.4. The number of rotatable bonds is 4. The monoisotopic (exact) mass is 582 g/mol. The van der Waals surface area contributed by atoms with Crippen LogP contribution in [-0.2, 0) is 0 Å². The maximum Gasteiger partial charge on any atom is 0.136 e. The Labute approximate surface area is 275 Å². The summed E-state index contributed by atoms with van der Waals surface area (Å²) >= 11 is 0. The van der Waals surface area contributed by atoms with E-state index in [1.165, 1.54) is 6.07 Å². The maximum atomic E-state index is 9.92. The predicted molar refractivity (Wildman–Crippen MR) is 190 cm³/mol. The summed E-state index contributed by atoms with van der Waals surface area (Å²) in [6, 6.07) is 31.2. The average Bonchev–Trinajstić information content (AvgIpc) is 3.61. The van der Waals surface area contributed by atoms with Crippen molar-refractivity contribution in [2.24, 2.45) is 0 Å². The van der Waals surface area contributed by atoms with Crippen molar-refractivity contribution >= 4 is 43.5 Å². The standard InChI is InChI=1S/C44H28O/c1-3-14-29(15-4-1)31-18-13-19-32(26-31)42-34-20-7-9-22-36(34)43(37-23-10-8-21-35(37)42)39-27-33(30-16-5-2-6-17-30)28-41-44(39)38-24-11-12-25-40(38)45-41/h1-28H/i1D,3D,4D,11D,12D,14D,24D,25D,27D,28D. The van der Waals surface area contributed by atoms with E-state index in [0.29, 0.717) is 33.4 Å². The average molecular weight is 583 g/mol. The van der Waals surface area contributed by atoms with Gasteiger partial charge in [-0.1, -0.05) is 145 Å². The summed E-state index contributed by atoms with van der Waals surface area (Å²) in [5.74, 6) is 0. The molecule has 8 aromatic carbocycles. The van der Waals surface area contributed by atoms with Gasteiger partial charge in [-0.15, -0.1) is 0 Å². The third-order valence-corrected chi connectivity index (χ3v) is 8.33. The molecule has 1 aromatic heterocycles. The maximum absolute atomic E-state index is 9.92. The highest BCUT2D eigenvalue weighted by Crippen LogP contribution is 2.48. The van der Waals surface area contributed by atoms with Crippen LogP contribution < -0.4 is 0 Å². The Kier molecular flexibility index (Phi) is 4.01. The molecule has 0 saturated carbocycles. The van der Waals surface area contributed by atoms with Crippen LogP contribution in [0.15, 0.2) is 174 Å². The van der Waals surface area contributed by atoms with Crippen molar-refractivity contribution in [2.75, 3.05) is 0 Å². The summed E-state index contributed by atoms with van der Waals surface area (Å²) in [4.78, 5) is 0. The number of fused-ring (bicyclic) bond motifs is 5. The molecular formula is C44H28O. The van der Waals surface area contributed by atoms with Crippen LogP contribution in [0, 0.1) is 0 Å². The van der Waals surface area contributed by atoms with Crippen LogP contribution in [-0.4, -0.2) is 0 Å². The number of hydrogen-bond donors (Lipinski definition) is 0. The van der Waals surface area contributed by atoms with Crippen LogP contribution in [0.5, 0.6) is 0 Å². The molecule has 0 unspecified atom stereocenters. The van der Waals surface area contributed by atoms with E-state index in [4.69, 9.17) is 15.4 Å². The minimum absolute atomic E-state index is 0.0158. The van der Waals surface area contributed by atoms with Crippen LogP contribution >= 0.6 is 0 Å². The molecule has 1 nitrogen and oxygen atoms in total. The third-order valence-electron chi connectivity index (χ3n) is 8.33. The van der Waals surface area contributed by atoms with Crippen molar-refractivity contribution in [1.82, 2.24) is 0 Å². The van der Waals surface area contributed by atoms with Gasteiger partial charge in [0.1, 0.15) is 11.2 Å². The Balaban J connectivity index is 1.45. The largest absolute Gasteiger partial charge is 0.456 e. The van der Waals surface area contributed by atoms with Crippen molar-refractivity contribution in [2.45, 2.75) is 0 Å². The van der Waals surface area contributed by atoms with Gasteiger partial charge < -0.3 is 4.42 Å². The van der Waals surface area contributed by atoms with E-state index in [2.05, 4.69) is 0 Å². The minimum atomic E-state index is -0.451. The predicted octanol–water partition coefficient (Wildman–Crippen LogP) is 12.6. The first-order valence-electron chi connectivity index (χ1n) is 19.6. The summed E-state index contributed by atoms with van der Waals surface area (Å²) in [6.45, 7) is 0. The van der Waals surface area contributed by atoms with Gasteiger partial charge in [-0.3, -0.25) is 0 Å². The zero-order chi connectivity index (χ0) is 38.4. The molecule has 0 aliphatic heterocycles. The fourth-order valence-corrected chi connectivity index (χ4v) is 6.40. The van der Waals surface area contributed by atoms with E-state index in [1.807, 2.05) is 103 Å². The molecule has 45 heavy (non-hydrogen) atoms. The lowest BCUT2D eigenvalue weighted by Gasteiger charge is -2.19. The highest BCUT2D eigenvalue weighted by molar-refractivity contribution is 6.26. The number of benzene rings is 8. The first-order chi connectivity index (χ1) is 26.5. The molecular weight excluding hydrogens is 544 g/mol. The highest BCUT2D eigenvalue weighted by Gasteiger charge is 2.21. The van der Waals surface area contributed by atoms with E-state index in [1.54, 1.807) is 0 Å². The number of hydrogen-bond acceptors (Lipinski definition) is 1. The Morgan fingerprint density at radius 1 is 0.400 bits per heavy atom. The Bertz CT molecular complexity index is 3040. The minimum Gasteiger partial charge on any atom is -0.456 e. The highest BCUT2D eigenvalue weighted by atomic mass is 16.3. The molecule has 0 amide bonds. The summed E-state index contributed by atoms with van der Waals surface area (Å²) < 4.78 is 93.6. The molecule has 0 radical (unpaired) electrons. The van der Waals surface area contributed by atoms with Crippen LogP contribution in [0.2, 0.25) is 0 Å².